The molecule has 2 aromatic rings. The molecule has 12 heteroatoms. The molecule has 0 unspecified atom stereocenters. The first-order valence-electron chi connectivity index (χ1n) is 13.4. The van der Waals surface area contributed by atoms with E-state index in [-0.39, 0.29) is 35.1 Å². The highest BCUT2D eigenvalue weighted by atomic mass is 32.2. The standard InChI is InChI=1S/C27H36N4O7S/c1-3-37-26(33)30-15-11-19(12-16-30)28-25(32)23-9-5-8-22-21(23)7-6-10-24(22)39(35,36)29-20-13-17-31(18-14-20)27(34)38-4-2/h5-10,19-20,29H,3-4,11-18H2,1-2H3,(H,28,32). The minimum absolute atomic E-state index is 0.102. The largest absolute Gasteiger partial charge is 0.450 e. The zero-order chi connectivity index (χ0) is 28.0. The van der Waals surface area contributed by atoms with Crippen LogP contribution >= 0.6 is 0 Å². The molecule has 11 nitrogen and oxygen atoms in total. The number of fused-ring (bicyclic) bond motifs is 1. The second kappa shape index (κ2) is 12.6. The second-order valence-electron chi connectivity index (χ2n) is 9.67. The third-order valence-corrected chi connectivity index (χ3v) is 8.69. The van der Waals surface area contributed by atoms with Crippen LogP contribution in [0.15, 0.2) is 41.3 Å². The summed E-state index contributed by atoms with van der Waals surface area (Å²) in [5, 5.41) is 4.04. The predicted molar refractivity (Wildman–Crippen MR) is 145 cm³/mol. The van der Waals surface area contributed by atoms with E-state index in [9.17, 15) is 22.8 Å². The zero-order valence-electron chi connectivity index (χ0n) is 22.4. The number of amides is 3. The molecule has 0 spiro atoms. The summed E-state index contributed by atoms with van der Waals surface area (Å²) < 4.78 is 39.7. The Labute approximate surface area is 228 Å². The summed E-state index contributed by atoms with van der Waals surface area (Å²) in [4.78, 5) is 40.4. The lowest BCUT2D eigenvalue weighted by molar-refractivity contribution is 0.0860. The Morgan fingerprint density at radius 1 is 0.795 bits per heavy atom. The van der Waals surface area contributed by atoms with Gasteiger partial charge in [0.1, 0.15) is 0 Å². The van der Waals surface area contributed by atoms with E-state index in [4.69, 9.17) is 9.47 Å². The van der Waals surface area contributed by atoms with Gasteiger partial charge < -0.3 is 24.6 Å². The lowest BCUT2D eigenvalue weighted by atomic mass is 10.0. The Kier molecular flexibility index (Phi) is 9.28. The van der Waals surface area contributed by atoms with Crippen LogP contribution < -0.4 is 10.0 Å². The monoisotopic (exact) mass is 560 g/mol. The third kappa shape index (κ3) is 6.80. The van der Waals surface area contributed by atoms with Gasteiger partial charge in [-0.05, 0) is 57.0 Å². The predicted octanol–water partition coefficient (Wildman–Crippen LogP) is 3.09. The molecule has 3 amide bonds. The highest BCUT2D eigenvalue weighted by Crippen LogP contribution is 2.27. The van der Waals surface area contributed by atoms with Crippen molar-refractivity contribution in [3.8, 4) is 0 Å². The van der Waals surface area contributed by atoms with E-state index in [1.807, 2.05) is 0 Å². The summed E-state index contributed by atoms with van der Waals surface area (Å²) in [5.74, 6) is -0.288. The van der Waals surface area contributed by atoms with Crippen molar-refractivity contribution in [3.05, 3.63) is 42.0 Å². The van der Waals surface area contributed by atoms with Crippen molar-refractivity contribution in [2.24, 2.45) is 0 Å². The second-order valence-corrected chi connectivity index (χ2v) is 11.4. The number of benzene rings is 2. The van der Waals surface area contributed by atoms with E-state index in [1.54, 1.807) is 54.0 Å². The van der Waals surface area contributed by atoms with Crippen molar-refractivity contribution in [2.75, 3.05) is 39.4 Å². The van der Waals surface area contributed by atoms with Gasteiger partial charge in [0.15, 0.2) is 0 Å². The molecule has 212 valence electrons. The van der Waals surface area contributed by atoms with Crippen molar-refractivity contribution in [1.82, 2.24) is 19.8 Å². The van der Waals surface area contributed by atoms with E-state index in [2.05, 4.69) is 10.0 Å². The molecule has 0 saturated carbocycles. The molecule has 0 radical (unpaired) electrons. The van der Waals surface area contributed by atoms with Gasteiger partial charge in [-0.25, -0.2) is 22.7 Å². The molecule has 2 aliphatic rings. The van der Waals surface area contributed by atoms with Crippen LogP contribution in [0.1, 0.15) is 49.9 Å². The van der Waals surface area contributed by atoms with Crippen molar-refractivity contribution < 1.29 is 32.3 Å². The number of rotatable bonds is 7. The average molecular weight is 561 g/mol. The number of ether oxygens (including phenoxy) is 2. The highest BCUT2D eigenvalue weighted by molar-refractivity contribution is 7.89. The fourth-order valence-electron chi connectivity index (χ4n) is 5.08. The molecular formula is C27H36N4O7S. The maximum absolute atomic E-state index is 13.4. The van der Waals surface area contributed by atoms with Crippen LogP contribution in [0.2, 0.25) is 0 Å². The number of carbonyl (C=O) groups excluding carboxylic acids is 3. The summed E-state index contributed by atoms with van der Waals surface area (Å²) >= 11 is 0. The number of nitrogens with zero attached hydrogens (tertiary/aromatic N) is 2. The summed E-state index contributed by atoms with van der Waals surface area (Å²) in [6.07, 6.45) is 1.44. The van der Waals surface area contributed by atoms with E-state index in [0.717, 1.165) is 0 Å². The van der Waals surface area contributed by atoms with Crippen LogP contribution in [0, 0.1) is 0 Å². The molecule has 2 aromatic carbocycles. The van der Waals surface area contributed by atoms with Gasteiger partial charge in [-0.15, -0.1) is 0 Å². The average Bonchev–Trinajstić information content (AvgIpc) is 2.93. The molecule has 2 heterocycles. The van der Waals surface area contributed by atoms with Crippen LogP contribution in [-0.2, 0) is 19.5 Å². The summed E-state index contributed by atoms with van der Waals surface area (Å²) in [6, 6.07) is 9.54. The minimum Gasteiger partial charge on any atom is -0.450 e. The molecular weight excluding hydrogens is 524 g/mol. The van der Waals surface area contributed by atoms with Gasteiger partial charge in [0.05, 0.1) is 18.1 Å². The Hall–Kier alpha value is -3.38. The lowest BCUT2D eigenvalue weighted by Crippen LogP contribution is -2.46. The number of sulfonamides is 1. The fraction of sp³-hybridized carbons (Fsp3) is 0.519. The molecule has 2 aliphatic heterocycles. The molecule has 0 bridgehead atoms. The summed E-state index contributed by atoms with van der Waals surface area (Å²) in [7, 11) is -3.89. The maximum Gasteiger partial charge on any atom is 0.409 e. The van der Waals surface area contributed by atoms with Crippen LogP contribution in [-0.4, -0.2) is 87.8 Å². The molecule has 4 rings (SSSR count). The Balaban J connectivity index is 1.44. The minimum atomic E-state index is -3.89. The first-order valence-corrected chi connectivity index (χ1v) is 14.9. The molecule has 0 aromatic heterocycles. The molecule has 39 heavy (non-hydrogen) atoms. The number of hydrogen-bond acceptors (Lipinski definition) is 7. The topological polar surface area (TPSA) is 134 Å². The first-order chi connectivity index (χ1) is 18.7. The number of piperidine rings is 2. The number of carbonyl (C=O) groups is 3. The van der Waals surface area contributed by atoms with Crippen molar-refractivity contribution in [2.45, 2.75) is 56.5 Å². The molecule has 2 saturated heterocycles. The van der Waals surface area contributed by atoms with Gasteiger partial charge in [0.25, 0.3) is 5.91 Å². The van der Waals surface area contributed by atoms with E-state index in [0.29, 0.717) is 81.4 Å². The van der Waals surface area contributed by atoms with Crippen LogP contribution in [0.5, 0.6) is 0 Å². The summed E-state index contributed by atoms with van der Waals surface area (Å²) in [6.45, 7) is 5.92. The summed E-state index contributed by atoms with van der Waals surface area (Å²) in [5.41, 5.74) is 0.389. The number of nitrogens with one attached hydrogen (secondary N) is 2. The van der Waals surface area contributed by atoms with Crippen LogP contribution in [0.3, 0.4) is 0 Å². The lowest BCUT2D eigenvalue weighted by Gasteiger charge is -2.31. The van der Waals surface area contributed by atoms with E-state index < -0.39 is 10.0 Å². The first kappa shape index (κ1) is 28.6. The van der Waals surface area contributed by atoms with Crippen molar-refractivity contribution in [3.63, 3.8) is 0 Å². The molecule has 0 atom stereocenters. The molecule has 0 aliphatic carbocycles. The third-order valence-electron chi connectivity index (χ3n) is 7.12. The quantitative estimate of drug-likeness (QED) is 0.531. The Bertz CT molecular complexity index is 1300. The maximum atomic E-state index is 13.4. The van der Waals surface area contributed by atoms with Gasteiger partial charge in [-0.3, -0.25) is 4.79 Å². The molecule has 2 fully saturated rings. The van der Waals surface area contributed by atoms with Gasteiger partial charge in [0, 0.05) is 49.2 Å². The smallest absolute Gasteiger partial charge is 0.409 e. The fourth-order valence-corrected chi connectivity index (χ4v) is 6.60. The molecule has 2 N–H and O–H groups in total. The van der Waals surface area contributed by atoms with Crippen molar-refractivity contribution in [1.29, 1.82) is 0 Å². The Morgan fingerprint density at radius 2 is 1.31 bits per heavy atom. The van der Waals surface area contributed by atoms with Crippen LogP contribution in [0.4, 0.5) is 9.59 Å². The van der Waals surface area contributed by atoms with E-state index in [1.165, 1.54) is 6.07 Å². The van der Waals surface area contributed by atoms with Gasteiger partial charge in [-0.2, -0.15) is 0 Å². The van der Waals surface area contributed by atoms with Gasteiger partial charge in [-0.1, -0.05) is 24.3 Å². The van der Waals surface area contributed by atoms with Gasteiger partial charge >= 0.3 is 12.2 Å². The number of likely N-dealkylation sites (tertiary alicyclic amines) is 2. The van der Waals surface area contributed by atoms with Crippen LogP contribution in [0.25, 0.3) is 10.8 Å². The van der Waals surface area contributed by atoms with Crippen molar-refractivity contribution >= 4 is 38.9 Å². The van der Waals surface area contributed by atoms with Gasteiger partial charge in [0.2, 0.25) is 10.0 Å². The normalized spacial score (nSPS) is 17.2. The SMILES string of the molecule is CCOC(=O)N1CCC(NC(=O)c2cccc3c(S(=O)(=O)NC4CCN(C(=O)OCC)CC4)cccc23)CC1. The zero-order valence-corrected chi connectivity index (χ0v) is 23.2. The number of hydrogen-bond donors (Lipinski definition) is 2. The highest BCUT2D eigenvalue weighted by Gasteiger charge is 2.29. The van der Waals surface area contributed by atoms with E-state index >= 15 is 0 Å². The Morgan fingerprint density at radius 3 is 1.87 bits per heavy atom.